The van der Waals surface area contributed by atoms with E-state index in [1.807, 2.05) is 49.1 Å². The number of anilines is 2. The molecule has 1 aliphatic carbocycles. The predicted octanol–water partition coefficient (Wildman–Crippen LogP) is 4.20. The molecule has 276 valence electrons. The Hall–Kier alpha value is -4.43. The lowest BCUT2D eigenvalue weighted by atomic mass is 10.00. The number of likely N-dealkylation sites (tertiary alicyclic amines) is 1. The Balaban J connectivity index is 0.959. The van der Waals surface area contributed by atoms with Crippen LogP contribution in [0.5, 0.6) is 0 Å². The van der Waals surface area contributed by atoms with Crippen LogP contribution in [-0.4, -0.2) is 96.9 Å². The molecule has 0 spiro atoms. The molecule has 13 heteroatoms. The first-order chi connectivity index (χ1) is 25.3. The average molecular weight is 711 g/mol. The number of benzene rings is 2. The van der Waals surface area contributed by atoms with E-state index in [4.69, 9.17) is 4.74 Å². The molecular weight excluding hydrogens is 660 g/mol. The van der Waals surface area contributed by atoms with Crippen molar-refractivity contribution < 1.29 is 24.5 Å². The first-order valence-electron chi connectivity index (χ1n) is 18.8. The topological polar surface area (TPSA) is 169 Å². The summed E-state index contributed by atoms with van der Waals surface area (Å²) >= 11 is 0. The van der Waals surface area contributed by atoms with Gasteiger partial charge in [0.1, 0.15) is 36.0 Å². The van der Waals surface area contributed by atoms with Crippen LogP contribution in [0.15, 0.2) is 60.9 Å². The summed E-state index contributed by atoms with van der Waals surface area (Å²) in [7, 11) is 0. The van der Waals surface area contributed by atoms with Crippen LogP contribution < -0.4 is 15.5 Å². The molecule has 0 radical (unpaired) electrons. The number of nitrogens with one attached hydrogen (secondary N) is 3. The number of carbonyl (C=O) groups excluding carboxylic acids is 2. The maximum atomic E-state index is 13.4. The number of aliphatic hydroxyl groups is 2. The van der Waals surface area contributed by atoms with E-state index in [9.17, 15) is 19.8 Å². The number of hydrogen-bond donors (Lipinski definition) is 5. The Morgan fingerprint density at radius 2 is 1.73 bits per heavy atom. The molecule has 52 heavy (non-hydrogen) atoms. The Bertz CT molecular complexity index is 1810. The number of piperidine rings is 1. The van der Waals surface area contributed by atoms with Crippen molar-refractivity contribution in [1.82, 2.24) is 30.2 Å². The standard InChI is InChI=1S/C39H50N8O5/c1-3-30(48)47(29-18-21-46(22-19-29)20-17-25-9-5-4-6-10-25)28-15-13-26(14-16-28)24(2)42-39(51)35-33(50)32(49)34(52-35)38-44-31-36(40-23-41-37(31)45-38)43-27-11-7-8-12-27/h4-6,9-10,13-16,23-24,27,29,32-35,49-50H,3,7-8,11-12,17-22H2,1-2H3,(H,42,51)(H2,40,41,43,44,45). The van der Waals surface area contributed by atoms with Gasteiger partial charge in [0, 0.05) is 43.8 Å². The highest BCUT2D eigenvalue weighted by Crippen LogP contribution is 2.35. The summed E-state index contributed by atoms with van der Waals surface area (Å²) in [5.74, 6) is 0.432. The first kappa shape index (κ1) is 36.0. The van der Waals surface area contributed by atoms with Gasteiger partial charge >= 0.3 is 0 Å². The van der Waals surface area contributed by atoms with Crippen LogP contribution in [0.3, 0.4) is 0 Å². The van der Waals surface area contributed by atoms with Gasteiger partial charge < -0.3 is 40.4 Å². The number of imidazole rings is 1. The van der Waals surface area contributed by atoms with Crippen molar-refractivity contribution in [1.29, 1.82) is 0 Å². The van der Waals surface area contributed by atoms with E-state index in [2.05, 4.69) is 59.7 Å². The minimum absolute atomic E-state index is 0.0927. The molecule has 5 atom stereocenters. The van der Waals surface area contributed by atoms with E-state index < -0.39 is 36.4 Å². The Labute approximate surface area is 304 Å². The van der Waals surface area contributed by atoms with Crippen molar-refractivity contribution in [3.63, 3.8) is 0 Å². The minimum Gasteiger partial charge on any atom is -0.387 e. The van der Waals surface area contributed by atoms with Crippen molar-refractivity contribution in [2.75, 3.05) is 29.9 Å². The van der Waals surface area contributed by atoms with E-state index in [0.29, 0.717) is 29.4 Å². The van der Waals surface area contributed by atoms with Crippen molar-refractivity contribution in [2.45, 2.75) is 108 Å². The summed E-state index contributed by atoms with van der Waals surface area (Å²) in [6, 6.07) is 18.3. The van der Waals surface area contributed by atoms with Gasteiger partial charge in [-0.1, -0.05) is 62.2 Å². The van der Waals surface area contributed by atoms with Gasteiger partial charge in [0.2, 0.25) is 5.91 Å². The van der Waals surface area contributed by atoms with E-state index in [-0.39, 0.29) is 17.8 Å². The molecule has 2 saturated heterocycles. The summed E-state index contributed by atoms with van der Waals surface area (Å²) in [5, 5.41) is 28.2. The number of ether oxygens (including phenoxy) is 1. The van der Waals surface area contributed by atoms with Crippen LogP contribution in [0.2, 0.25) is 0 Å². The van der Waals surface area contributed by atoms with Crippen LogP contribution in [0, 0.1) is 0 Å². The largest absolute Gasteiger partial charge is 0.387 e. The van der Waals surface area contributed by atoms with E-state index in [1.165, 1.54) is 24.7 Å². The maximum absolute atomic E-state index is 13.4. The van der Waals surface area contributed by atoms with Crippen molar-refractivity contribution >= 4 is 34.5 Å². The smallest absolute Gasteiger partial charge is 0.252 e. The fourth-order valence-electron chi connectivity index (χ4n) is 7.84. The van der Waals surface area contributed by atoms with E-state index in [1.54, 1.807) is 0 Å². The zero-order chi connectivity index (χ0) is 36.2. The highest BCUT2D eigenvalue weighted by molar-refractivity contribution is 5.93. The Morgan fingerprint density at radius 3 is 2.44 bits per heavy atom. The molecule has 7 rings (SSSR count). The van der Waals surface area contributed by atoms with Crippen LogP contribution in [-0.2, 0) is 20.7 Å². The van der Waals surface area contributed by atoms with Gasteiger partial charge in [0.25, 0.3) is 5.91 Å². The normalized spacial score (nSPS) is 23.5. The summed E-state index contributed by atoms with van der Waals surface area (Å²) < 4.78 is 5.95. The van der Waals surface area contributed by atoms with E-state index in [0.717, 1.165) is 63.0 Å². The van der Waals surface area contributed by atoms with Crippen LogP contribution in [0.1, 0.15) is 87.9 Å². The molecule has 4 aromatic rings. The number of rotatable bonds is 12. The lowest BCUT2D eigenvalue weighted by Gasteiger charge is -2.38. The average Bonchev–Trinajstić information content (AvgIpc) is 3.92. The van der Waals surface area contributed by atoms with Crippen molar-refractivity contribution in [2.24, 2.45) is 0 Å². The number of amides is 2. The molecule has 1 saturated carbocycles. The fourth-order valence-corrected chi connectivity index (χ4v) is 7.84. The third-order valence-corrected chi connectivity index (χ3v) is 10.9. The Kier molecular flexibility index (Phi) is 11.1. The van der Waals surface area contributed by atoms with E-state index >= 15 is 0 Å². The number of hydrogen-bond acceptors (Lipinski definition) is 10. The van der Waals surface area contributed by atoms with Gasteiger partial charge in [-0.15, -0.1) is 0 Å². The molecular formula is C39H50N8O5. The molecule has 2 aromatic heterocycles. The number of carbonyl (C=O) groups is 2. The highest BCUT2D eigenvalue weighted by atomic mass is 16.5. The van der Waals surface area contributed by atoms with Crippen molar-refractivity contribution in [3.8, 4) is 0 Å². The number of fused-ring (bicyclic) bond motifs is 1. The molecule has 3 fully saturated rings. The van der Waals surface area contributed by atoms with Gasteiger partial charge in [0.15, 0.2) is 17.6 Å². The summed E-state index contributed by atoms with van der Waals surface area (Å²) in [5.41, 5.74) is 4.01. The molecule has 3 aliphatic rings. The molecule has 2 amide bonds. The molecule has 2 aromatic carbocycles. The van der Waals surface area contributed by atoms with Gasteiger partial charge in [-0.25, -0.2) is 15.0 Å². The first-order valence-corrected chi connectivity index (χ1v) is 18.8. The minimum atomic E-state index is -1.46. The lowest BCUT2D eigenvalue weighted by Crippen LogP contribution is -2.48. The van der Waals surface area contributed by atoms with Crippen LogP contribution >= 0.6 is 0 Å². The molecule has 13 nitrogen and oxygen atoms in total. The highest BCUT2D eigenvalue weighted by Gasteiger charge is 2.48. The lowest BCUT2D eigenvalue weighted by molar-refractivity contribution is -0.136. The van der Waals surface area contributed by atoms with Gasteiger partial charge in [-0.3, -0.25) is 9.59 Å². The third-order valence-electron chi connectivity index (χ3n) is 10.9. The second kappa shape index (κ2) is 16.1. The molecule has 5 unspecified atom stereocenters. The maximum Gasteiger partial charge on any atom is 0.252 e. The molecule has 0 bridgehead atoms. The number of aromatic nitrogens is 4. The second-order valence-electron chi connectivity index (χ2n) is 14.4. The fraction of sp³-hybridized carbons (Fsp3) is 0.513. The number of H-pyrrole nitrogens is 1. The quantitative estimate of drug-likeness (QED) is 0.144. The van der Waals surface area contributed by atoms with Crippen LogP contribution in [0.25, 0.3) is 11.2 Å². The molecule has 5 N–H and O–H groups in total. The number of aliphatic hydroxyl groups excluding tert-OH is 2. The van der Waals surface area contributed by atoms with Crippen molar-refractivity contribution in [3.05, 3.63) is 77.9 Å². The van der Waals surface area contributed by atoms with Gasteiger partial charge in [-0.05, 0) is 62.3 Å². The van der Waals surface area contributed by atoms with Crippen LogP contribution in [0.4, 0.5) is 11.5 Å². The SMILES string of the molecule is CCC(=O)N(c1ccc(C(C)NC(=O)C2OC(c3nc4ncnc(NC5CCCC5)c4[nH]3)C(O)C2O)cc1)C1CCN(CCc2ccccc2)CC1. The monoisotopic (exact) mass is 710 g/mol. The van der Waals surface area contributed by atoms with Gasteiger partial charge in [0.05, 0.1) is 6.04 Å². The van der Waals surface area contributed by atoms with Gasteiger partial charge in [-0.2, -0.15) is 0 Å². The third kappa shape index (κ3) is 7.82. The summed E-state index contributed by atoms with van der Waals surface area (Å²) in [4.78, 5) is 47.4. The summed E-state index contributed by atoms with van der Waals surface area (Å²) in [6.07, 6.45) is 3.92. The predicted molar refractivity (Wildman–Crippen MR) is 198 cm³/mol. The number of aromatic amines is 1. The Morgan fingerprint density at radius 1 is 1.00 bits per heavy atom. The zero-order valence-electron chi connectivity index (χ0n) is 29.9. The second-order valence-corrected chi connectivity index (χ2v) is 14.4. The molecule has 2 aliphatic heterocycles. The summed E-state index contributed by atoms with van der Waals surface area (Å²) in [6.45, 7) is 6.64. The zero-order valence-corrected chi connectivity index (χ0v) is 29.9. The molecule has 4 heterocycles. The number of nitrogens with zero attached hydrogens (tertiary/aromatic N) is 5.